The summed E-state index contributed by atoms with van der Waals surface area (Å²) in [5.74, 6) is 2.22. The lowest BCUT2D eigenvalue weighted by Gasteiger charge is -2.12. The van der Waals surface area contributed by atoms with E-state index in [9.17, 15) is 0 Å². The molecule has 0 aliphatic heterocycles. The van der Waals surface area contributed by atoms with E-state index in [-0.39, 0.29) is 11.5 Å². The number of rotatable bonds is 6. The van der Waals surface area contributed by atoms with Crippen LogP contribution in [0.2, 0.25) is 0 Å². The molecule has 1 N–H and O–H groups in total. The lowest BCUT2D eigenvalue weighted by molar-refractivity contribution is 0.330. The summed E-state index contributed by atoms with van der Waals surface area (Å²) in [4.78, 5) is 4.51. The van der Waals surface area contributed by atoms with Gasteiger partial charge in [-0.15, -0.1) is 0 Å². The average Bonchev–Trinajstić information content (AvgIpc) is 3.17. The topological polar surface area (TPSA) is 60.2 Å². The van der Waals surface area contributed by atoms with Crippen molar-refractivity contribution in [1.29, 1.82) is 0 Å². The highest BCUT2D eigenvalue weighted by molar-refractivity contribution is 5.70. The lowest BCUT2D eigenvalue weighted by atomic mass is 9.96. The molecule has 1 unspecified atom stereocenters. The van der Waals surface area contributed by atoms with Crippen molar-refractivity contribution in [3.63, 3.8) is 0 Å². The van der Waals surface area contributed by atoms with Crippen molar-refractivity contribution < 1.29 is 9.26 Å². The van der Waals surface area contributed by atoms with Crippen LogP contribution in [0, 0.1) is 0 Å². The average molecular weight is 365 g/mol. The third-order valence-electron chi connectivity index (χ3n) is 4.47. The van der Waals surface area contributed by atoms with Crippen LogP contribution in [0.1, 0.15) is 51.0 Å². The van der Waals surface area contributed by atoms with E-state index < -0.39 is 0 Å². The Labute approximate surface area is 160 Å². The summed E-state index contributed by atoms with van der Waals surface area (Å²) in [7, 11) is 1.70. The fraction of sp³-hybridized carbons (Fsp3) is 0.364. The summed E-state index contributed by atoms with van der Waals surface area (Å²) in [6.07, 6.45) is 0. The third-order valence-corrected chi connectivity index (χ3v) is 4.47. The van der Waals surface area contributed by atoms with Gasteiger partial charge >= 0.3 is 0 Å². The van der Waals surface area contributed by atoms with Gasteiger partial charge < -0.3 is 14.6 Å². The number of nitrogens with zero attached hydrogens (tertiary/aromatic N) is 2. The number of aromatic nitrogens is 2. The van der Waals surface area contributed by atoms with Gasteiger partial charge in [-0.1, -0.05) is 68.4 Å². The predicted octanol–water partition coefficient (Wildman–Crippen LogP) is 4.89. The molecule has 0 radical (unpaired) electrons. The maximum Gasteiger partial charge on any atom is 0.243 e. The van der Waals surface area contributed by atoms with E-state index in [2.05, 4.69) is 66.6 Å². The molecule has 1 aromatic heterocycles. The van der Waals surface area contributed by atoms with Gasteiger partial charge in [0.05, 0.1) is 13.2 Å². The third kappa shape index (κ3) is 4.55. The van der Waals surface area contributed by atoms with E-state index in [4.69, 9.17) is 9.26 Å². The Balaban J connectivity index is 1.64. The van der Waals surface area contributed by atoms with Gasteiger partial charge in [-0.25, -0.2) is 0 Å². The second kappa shape index (κ2) is 7.92. The second-order valence-corrected chi connectivity index (χ2v) is 7.71. The van der Waals surface area contributed by atoms with Crippen molar-refractivity contribution in [3.05, 3.63) is 65.8 Å². The molecule has 0 amide bonds. The molecule has 27 heavy (non-hydrogen) atoms. The normalized spacial score (nSPS) is 12.8. The minimum atomic E-state index is -0.115. The molecular weight excluding hydrogens is 338 g/mol. The molecule has 1 atom stereocenters. The molecule has 142 valence electrons. The first-order valence-corrected chi connectivity index (χ1v) is 9.18. The van der Waals surface area contributed by atoms with Gasteiger partial charge in [0.2, 0.25) is 5.89 Å². The van der Waals surface area contributed by atoms with Crippen molar-refractivity contribution in [1.82, 2.24) is 15.5 Å². The zero-order valence-electron chi connectivity index (χ0n) is 16.6. The van der Waals surface area contributed by atoms with Gasteiger partial charge in [0.1, 0.15) is 5.75 Å². The van der Waals surface area contributed by atoms with Crippen molar-refractivity contribution in [3.8, 4) is 16.9 Å². The summed E-state index contributed by atoms with van der Waals surface area (Å²) in [5.41, 5.74) is 3.30. The zero-order valence-corrected chi connectivity index (χ0v) is 16.6. The van der Waals surface area contributed by atoms with Crippen LogP contribution in [0.15, 0.2) is 53.1 Å². The molecule has 0 spiro atoms. The fourth-order valence-corrected chi connectivity index (χ4v) is 2.76. The van der Waals surface area contributed by atoms with Gasteiger partial charge in [0, 0.05) is 17.5 Å². The van der Waals surface area contributed by atoms with E-state index in [0.29, 0.717) is 5.89 Å². The minimum Gasteiger partial charge on any atom is -0.496 e. The molecule has 3 rings (SSSR count). The predicted molar refractivity (Wildman–Crippen MR) is 107 cm³/mol. The number of hydrogen-bond donors (Lipinski definition) is 1. The Morgan fingerprint density at radius 3 is 2.41 bits per heavy atom. The zero-order chi connectivity index (χ0) is 19.4. The molecule has 0 fully saturated rings. The molecule has 5 heteroatoms. The molecular formula is C22H27N3O2. The monoisotopic (exact) mass is 365 g/mol. The van der Waals surface area contributed by atoms with Crippen molar-refractivity contribution in [2.45, 2.75) is 45.7 Å². The largest absolute Gasteiger partial charge is 0.496 e. The SMILES string of the molecule is COc1ccccc1-c1ccc(CNC(C)c2nc(C(C)(C)C)no2)cc1. The number of nitrogens with one attached hydrogen (secondary N) is 1. The molecule has 0 aliphatic rings. The molecule has 0 saturated carbocycles. The highest BCUT2D eigenvalue weighted by atomic mass is 16.5. The van der Waals surface area contributed by atoms with Gasteiger partial charge in [0.25, 0.3) is 0 Å². The maximum absolute atomic E-state index is 5.45. The first kappa shape index (κ1) is 19.1. The number of ether oxygens (including phenoxy) is 1. The molecule has 0 aliphatic carbocycles. The minimum absolute atomic E-state index is 0.0116. The smallest absolute Gasteiger partial charge is 0.243 e. The van der Waals surface area contributed by atoms with E-state index >= 15 is 0 Å². The second-order valence-electron chi connectivity index (χ2n) is 7.71. The highest BCUT2D eigenvalue weighted by Gasteiger charge is 2.22. The number of para-hydroxylation sites is 1. The standard InChI is InChI=1S/C22H27N3O2/c1-15(20-24-21(25-27-20)22(2,3)4)23-14-16-10-12-17(13-11-16)18-8-6-7-9-19(18)26-5/h6-13,15,23H,14H2,1-5H3. The molecule has 2 aromatic carbocycles. The lowest BCUT2D eigenvalue weighted by Crippen LogP contribution is -2.19. The first-order chi connectivity index (χ1) is 12.9. The van der Waals surface area contributed by atoms with Gasteiger partial charge in [-0.3, -0.25) is 0 Å². The molecule has 1 heterocycles. The number of methoxy groups -OCH3 is 1. The van der Waals surface area contributed by atoms with Crippen LogP contribution in [-0.2, 0) is 12.0 Å². The van der Waals surface area contributed by atoms with Crippen LogP contribution >= 0.6 is 0 Å². The van der Waals surface area contributed by atoms with Crippen LogP contribution < -0.4 is 10.1 Å². The Morgan fingerprint density at radius 2 is 1.78 bits per heavy atom. The first-order valence-electron chi connectivity index (χ1n) is 9.18. The van der Waals surface area contributed by atoms with Crippen molar-refractivity contribution >= 4 is 0 Å². The summed E-state index contributed by atoms with van der Waals surface area (Å²) < 4.78 is 10.9. The summed E-state index contributed by atoms with van der Waals surface area (Å²) in [6.45, 7) is 8.97. The summed E-state index contributed by atoms with van der Waals surface area (Å²) >= 11 is 0. The Hall–Kier alpha value is -2.66. The van der Waals surface area contributed by atoms with Crippen LogP contribution in [0.4, 0.5) is 0 Å². The van der Waals surface area contributed by atoms with Crippen molar-refractivity contribution in [2.75, 3.05) is 7.11 Å². The Bertz CT molecular complexity index is 879. The quantitative estimate of drug-likeness (QED) is 0.674. The van der Waals surface area contributed by atoms with Gasteiger partial charge in [-0.2, -0.15) is 4.98 Å². The molecule has 0 saturated heterocycles. The Kier molecular flexibility index (Phi) is 5.61. The van der Waals surface area contributed by atoms with Gasteiger partial charge in [-0.05, 0) is 24.1 Å². The van der Waals surface area contributed by atoms with E-state index in [0.717, 1.165) is 29.2 Å². The summed E-state index contributed by atoms with van der Waals surface area (Å²) in [6, 6.07) is 16.5. The van der Waals surface area contributed by atoms with Crippen LogP contribution in [-0.4, -0.2) is 17.3 Å². The highest BCUT2D eigenvalue weighted by Crippen LogP contribution is 2.29. The van der Waals surface area contributed by atoms with Crippen LogP contribution in [0.5, 0.6) is 5.75 Å². The van der Waals surface area contributed by atoms with Crippen LogP contribution in [0.3, 0.4) is 0 Å². The van der Waals surface area contributed by atoms with E-state index in [1.165, 1.54) is 5.56 Å². The number of benzene rings is 2. The number of hydrogen-bond acceptors (Lipinski definition) is 5. The van der Waals surface area contributed by atoms with E-state index in [1.807, 2.05) is 25.1 Å². The molecule has 5 nitrogen and oxygen atoms in total. The maximum atomic E-state index is 5.45. The Morgan fingerprint density at radius 1 is 1.07 bits per heavy atom. The fourth-order valence-electron chi connectivity index (χ4n) is 2.76. The molecule has 3 aromatic rings. The summed E-state index contributed by atoms with van der Waals surface area (Å²) in [5, 5.41) is 7.53. The van der Waals surface area contributed by atoms with Crippen LogP contribution in [0.25, 0.3) is 11.1 Å². The molecule has 0 bridgehead atoms. The van der Waals surface area contributed by atoms with Crippen molar-refractivity contribution in [2.24, 2.45) is 0 Å². The van der Waals surface area contributed by atoms with E-state index in [1.54, 1.807) is 7.11 Å². The van der Waals surface area contributed by atoms with Gasteiger partial charge in [0.15, 0.2) is 5.82 Å².